The molecule has 0 bridgehead atoms. The van der Waals surface area contributed by atoms with Gasteiger partial charge in [0.2, 0.25) is 5.91 Å². The van der Waals surface area contributed by atoms with Crippen LogP contribution in [0, 0.1) is 0 Å². The summed E-state index contributed by atoms with van der Waals surface area (Å²) >= 11 is 15.9. The van der Waals surface area contributed by atoms with Gasteiger partial charge in [-0.1, -0.05) is 56.1 Å². The number of hydrogen-bond acceptors (Lipinski definition) is 3. The Morgan fingerprint density at radius 3 is 2.36 bits per heavy atom. The van der Waals surface area contributed by atoms with Gasteiger partial charge in [0, 0.05) is 22.6 Å². The molecular formula is C25H31BrCl2N2O3. The molecule has 0 aliphatic carbocycles. The minimum atomic E-state index is -0.714. The normalized spacial score (nSPS) is 12.9. The highest BCUT2D eigenvalue weighted by molar-refractivity contribution is 9.10. The number of rotatable bonds is 10. The van der Waals surface area contributed by atoms with Gasteiger partial charge >= 0.3 is 0 Å². The van der Waals surface area contributed by atoms with E-state index in [9.17, 15) is 9.59 Å². The number of halogens is 3. The molecule has 1 N–H and O–H groups in total. The SMILES string of the molecule is CC[C@@H](C)NC(=O)[C@H](C)N(Cc1ccc(Cl)cc1Cl)C(=O)COc1ccc(C(C)C)cc1Br. The minimum Gasteiger partial charge on any atom is -0.483 e. The van der Waals surface area contributed by atoms with Crippen LogP contribution in [0.25, 0.3) is 0 Å². The second kappa shape index (κ2) is 12.6. The van der Waals surface area contributed by atoms with E-state index in [0.29, 0.717) is 27.3 Å². The topological polar surface area (TPSA) is 58.6 Å². The molecule has 8 heteroatoms. The van der Waals surface area contributed by atoms with Crippen molar-refractivity contribution < 1.29 is 14.3 Å². The third-order valence-corrected chi connectivity index (χ3v) is 6.70. The highest BCUT2D eigenvalue weighted by atomic mass is 79.9. The fourth-order valence-electron chi connectivity index (χ4n) is 3.10. The molecule has 0 aliphatic heterocycles. The Balaban J connectivity index is 2.22. The highest BCUT2D eigenvalue weighted by Crippen LogP contribution is 2.29. The van der Waals surface area contributed by atoms with Crippen molar-refractivity contribution in [1.29, 1.82) is 0 Å². The summed E-state index contributed by atoms with van der Waals surface area (Å²) in [4.78, 5) is 27.5. The van der Waals surface area contributed by atoms with Crippen LogP contribution in [0.4, 0.5) is 0 Å². The average Bonchev–Trinajstić information content (AvgIpc) is 2.76. The Kier molecular flexibility index (Phi) is 10.5. The predicted octanol–water partition coefficient (Wildman–Crippen LogP) is 6.59. The van der Waals surface area contributed by atoms with E-state index in [1.54, 1.807) is 25.1 Å². The number of nitrogens with zero attached hydrogens (tertiary/aromatic N) is 1. The van der Waals surface area contributed by atoms with Crippen molar-refractivity contribution in [1.82, 2.24) is 10.2 Å². The number of amides is 2. The molecule has 5 nitrogen and oxygen atoms in total. The van der Waals surface area contributed by atoms with E-state index in [0.717, 1.165) is 16.5 Å². The van der Waals surface area contributed by atoms with E-state index >= 15 is 0 Å². The quantitative estimate of drug-likeness (QED) is 0.358. The lowest BCUT2D eigenvalue weighted by atomic mass is 10.0. The van der Waals surface area contributed by atoms with Gasteiger partial charge in [0.25, 0.3) is 5.91 Å². The highest BCUT2D eigenvalue weighted by Gasteiger charge is 2.28. The molecule has 2 aromatic carbocycles. The summed E-state index contributed by atoms with van der Waals surface area (Å²) in [5.41, 5.74) is 1.86. The van der Waals surface area contributed by atoms with Crippen LogP contribution in [-0.2, 0) is 16.1 Å². The molecule has 0 unspecified atom stereocenters. The molecule has 0 spiro atoms. The smallest absolute Gasteiger partial charge is 0.261 e. The van der Waals surface area contributed by atoms with E-state index in [1.807, 2.05) is 32.0 Å². The van der Waals surface area contributed by atoms with Crippen LogP contribution in [0.2, 0.25) is 10.0 Å². The largest absolute Gasteiger partial charge is 0.483 e. The summed E-state index contributed by atoms with van der Waals surface area (Å²) < 4.78 is 6.58. The van der Waals surface area contributed by atoms with Crippen molar-refractivity contribution in [2.45, 2.75) is 65.6 Å². The van der Waals surface area contributed by atoms with E-state index in [1.165, 1.54) is 4.90 Å². The van der Waals surface area contributed by atoms with Crippen molar-refractivity contribution >= 4 is 50.9 Å². The monoisotopic (exact) mass is 556 g/mol. The third-order valence-electron chi connectivity index (χ3n) is 5.50. The number of benzene rings is 2. The molecule has 0 heterocycles. The van der Waals surface area contributed by atoms with Crippen molar-refractivity contribution in [3.63, 3.8) is 0 Å². The van der Waals surface area contributed by atoms with Crippen molar-refractivity contribution in [3.8, 4) is 5.75 Å². The van der Waals surface area contributed by atoms with Gasteiger partial charge in [0.1, 0.15) is 11.8 Å². The van der Waals surface area contributed by atoms with Gasteiger partial charge in [-0.2, -0.15) is 0 Å². The average molecular weight is 558 g/mol. The van der Waals surface area contributed by atoms with E-state index in [4.69, 9.17) is 27.9 Å². The zero-order valence-electron chi connectivity index (χ0n) is 19.6. The Morgan fingerprint density at radius 1 is 1.09 bits per heavy atom. The van der Waals surface area contributed by atoms with Crippen molar-refractivity contribution in [3.05, 3.63) is 62.0 Å². The number of hydrogen-bond donors (Lipinski definition) is 1. The molecule has 0 saturated carbocycles. The molecule has 0 saturated heterocycles. The molecule has 2 amide bonds. The Bertz CT molecular complexity index is 984. The van der Waals surface area contributed by atoms with Gasteiger partial charge in [-0.15, -0.1) is 0 Å². The standard InChI is InChI=1S/C25H31BrCl2N2O3/c1-6-16(4)29-25(32)17(5)30(13-19-7-9-20(27)12-22(19)28)24(31)14-33-23-10-8-18(15(2)3)11-21(23)26/h7-12,15-17H,6,13-14H2,1-5H3,(H,29,32)/t16-,17+/m1/s1. The fraction of sp³-hybridized carbons (Fsp3) is 0.440. The first-order chi connectivity index (χ1) is 15.5. The van der Waals surface area contributed by atoms with E-state index in [2.05, 4.69) is 35.1 Å². The number of ether oxygens (including phenoxy) is 1. The molecule has 0 radical (unpaired) electrons. The van der Waals surface area contributed by atoms with Crippen molar-refractivity contribution in [2.75, 3.05) is 6.61 Å². The number of carbonyl (C=O) groups is 2. The van der Waals surface area contributed by atoms with Gasteiger partial charge in [0.05, 0.1) is 4.47 Å². The lowest BCUT2D eigenvalue weighted by Crippen LogP contribution is -2.50. The molecule has 2 atom stereocenters. The van der Waals surface area contributed by atoms with Crippen molar-refractivity contribution in [2.24, 2.45) is 0 Å². The predicted molar refractivity (Wildman–Crippen MR) is 138 cm³/mol. The summed E-state index contributed by atoms with van der Waals surface area (Å²) in [6, 6.07) is 10.2. The van der Waals surface area contributed by atoms with Crippen LogP contribution < -0.4 is 10.1 Å². The summed E-state index contributed by atoms with van der Waals surface area (Å²) in [6.07, 6.45) is 0.791. The molecule has 180 valence electrons. The maximum absolute atomic E-state index is 13.2. The van der Waals surface area contributed by atoms with Gasteiger partial charge < -0.3 is 15.0 Å². The molecule has 2 rings (SSSR count). The van der Waals surface area contributed by atoms with Gasteiger partial charge in [-0.05, 0) is 77.5 Å². The summed E-state index contributed by atoms with van der Waals surface area (Å²) in [5.74, 6) is 0.383. The number of carbonyl (C=O) groups excluding carboxylic acids is 2. The molecule has 0 aromatic heterocycles. The Hall–Kier alpha value is -1.76. The molecule has 0 aliphatic rings. The lowest BCUT2D eigenvalue weighted by Gasteiger charge is -2.30. The maximum Gasteiger partial charge on any atom is 0.261 e. The molecule has 0 fully saturated rings. The Labute approximate surface area is 214 Å². The molecular weight excluding hydrogens is 527 g/mol. The van der Waals surface area contributed by atoms with Gasteiger partial charge in [-0.25, -0.2) is 0 Å². The maximum atomic E-state index is 13.2. The first-order valence-corrected chi connectivity index (χ1v) is 12.5. The number of nitrogens with one attached hydrogen (secondary N) is 1. The van der Waals surface area contributed by atoms with E-state index in [-0.39, 0.29) is 31.0 Å². The Morgan fingerprint density at radius 2 is 1.79 bits per heavy atom. The van der Waals surface area contributed by atoms with E-state index < -0.39 is 6.04 Å². The first-order valence-electron chi connectivity index (χ1n) is 11.0. The van der Waals surface area contributed by atoms with Crippen LogP contribution in [-0.4, -0.2) is 35.4 Å². The van der Waals surface area contributed by atoms with Crippen LogP contribution in [0.3, 0.4) is 0 Å². The lowest BCUT2D eigenvalue weighted by molar-refractivity contribution is -0.142. The summed E-state index contributed by atoms with van der Waals surface area (Å²) in [7, 11) is 0. The van der Waals surface area contributed by atoms with Crippen LogP contribution >= 0.6 is 39.1 Å². The zero-order valence-corrected chi connectivity index (χ0v) is 22.7. The summed E-state index contributed by atoms with van der Waals surface area (Å²) in [5, 5.41) is 3.87. The third kappa shape index (κ3) is 7.90. The zero-order chi connectivity index (χ0) is 24.7. The molecule has 33 heavy (non-hydrogen) atoms. The molecule has 2 aromatic rings. The summed E-state index contributed by atoms with van der Waals surface area (Å²) in [6.45, 7) is 9.77. The second-order valence-electron chi connectivity index (χ2n) is 8.38. The minimum absolute atomic E-state index is 0.00250. The van der Waals surface area contributed by atoms with Crippen LogP contribution in [0.15, 0.2) is 40.9 Å². The van der Waals surface area contributed by atoms with Crippen LogP contribution in [0.5, 0.6) is 5.75 Å². The fourth-order valence-corrected chi connectivity index (χ4v) is 4.08. The second-order valence-corrected chi connectivity index (χ2v) is 10.1. The van der Waals surface area contributed by atoms with Gasteiger partial charge in [-0.3, -0.25) is 9.59 Å². The van der Waals surface area contributed by atoms with Gasteiger partial charge in [0.15, 0.2) is 6.61 Å². The van der Waals surface area contributed by atoms with Crippen LogP contribution in [0.1, 0.15) is 58.1 Å². The first kappa shape index (κ1) is 27.5.